The van der Waals surface area contributed by atoms with Gasteiger partial charge in [-0.15, -0.1) is 0 Å². The zero-order valence-corrected chi connectivity index (χ0v) is 14.2. The number of ether oxygens (including phenoxy) is 4. The summed E-state index contributed by atoms with van der Waals surface area (Å²) in [5.41, 5.74) is 6.82. The van der Waals surface area contributed by atoms with Gasteiger partial charge in [-0.25, -0.2) is 4.79 Å². The van der Waals surface area contributed by atoms with E-state index in [-0.39, 0.29) is 19.3 Å². The first-order valence-electron chi connectivity index (χ1n) is 8.45. The molecule has 2 fully saturated rings. The summed E-state index contributed by atoms with van der Waals surface area (Å²) in [5.74, 6) is 0.813. The molecule has 0 unspecified atom stereocenters. The number of anilines is 2. The molecule has 0 spiro atoms. The second kappa shape index (κ2) is 8.72. The summed E-state index contributed by atoms with van der Waals surface area (Å²) in [4.78, 5) is 19.8. The van der Waals surface area contributed by atoms with E-state index >= 15 is 0 Å². The van der Waals surface area contributed by atoms with Crippen molar-refractivity contribution < 1.29 is 23.7 Å². The molecule has 9 heteroatoms. The topological polar surface area (TPSA) is 99.4 Å². The highest BCUT2D eigenvalue weighted by Gasteiger charge is 2.18. The first kappa shape index (κ1) is 17.6. The lowest BCUT2D eigenvalue weighted by Crippen LogP contribution is -2.41. The lowest BCUT2D eigenvalue weighted by atomic mass is 10.3. The van der Waals surface area contributed by atoms with E-state index in [0.717, 1.165) is 18.8 Å². The lowest BCUT2D eigenvalue weighted by molar-refractivity contribution is 0.0238. The lowest BCUT2D eigenvalue weighted by Gasteiger charge is -2.29. The van der Waals surface area contributed by atoms with Crippen molar-refractivity contribution in [2.24, 2.45) is 0 Å². The molecule has 2 N–H and O–H groups in total. The van der Waals surface area contributed by atoms with Crippen LogP contribution in [0.5, 0.6) is 5.88 Å². The second-order valence-corrected chi connectivity index (χ2v) is 5.75. The molecule has 0 aliphatic carbocycles. The van der Waals surface area contributed by atoms with Crippen LogP contribution in [0.15, 0.2) is 12.1 Å². The number of hydrogen-bond donors (Lipinski definition) is 1. The summed E-state index contributed by atoms with van der Waals surface area (Å²) in [5, 5.41) is 0. The van der Waals surface area contributed by atoms with Crippen molar-refractivity contribution in [1.82, 2.24) is 9.88 Å². The molecular weight excluding hydrogens is 328 g/mol. The van der Waals surface area contributed by atoms with Crippen LogP contribution in [0.4, 0.5) is 16.3 Å². The zero-order valence-electron chi connectivity index (χ0n) is 14.2. The molecule has 2 aliphatic rings. The molecular formula is C16H24N4O5. The van der Waals surface area contributed by atoms with E-state index in [4.69, 9.17) is 24.7 Å². The van der Waals surface area contributed by atoms with Gasteiger partial charge in [0.25, 0.3) is 0 Å². The number of nitrogens with two attached hydrogens (primary N) is 1. The van der Waals surface area contributed by atoms with E-state index in [1.54, 1.807) is 4.90 Å². The van der Waals surface area contributed by atoms with Gasteiger partial charge in [0, 0.05) is 44.0 Å². The normalized spacial score (nSPS) is 18.1. The maximum Gasteiger partial charge on any atom is 0.410 e. The largest absolute Gasteiger partial charge is 0.474 e. The molecule has 3 rings (SSSR count). The van der Waals surface area contributed by atoms with Gasteiger partial charge in [0.1, 0.15) is 19.0 Å². The van der Waals surface area contributed by atoms with E-state index in [0.29, 0.717) is 51.2 Å². The Kier molecular flexibility index (Phi) is 6.13. The number of carbonyl (C=O) groups is 1. The monoisotopic (exact) mass is 352 g/mol. The Morgan fingerprint density at radius 3 is 2.48 bits per heavy atom. The Morgan fingerprint density at radius 1 is 1.08 bits per heavy atom. The van der Waals surface area contributed by atoms with Gasteiger partial charge in [0.15, 0.2) is 0 Å². The average Bonchev–Trinajstić information content (AvgIpc) is 2.66. The number of carbonyl (C=O) groups excluding carboxylic acids is 1. The second-order valence-electron chi connectivity index (χ2n) is 5.75. The molecule has 1 aromatic heterocycles. The number of rotatable bonds is 5. The van der Waals surface area contributed by atoms with Crippen LogP contribution in [0.3, 0.4) is 0 Å². The van der Waals surface area contributed by atoms with E-state index < -0.39 is 0 Å². The van der Waals surface area contributed by atoms with Crippen molar-refractivity contribution in [2.75, 3.05) is 76.5 Å². The third-order valence-corrected chi connectivity index (χ3v) is 4.01. The molecule has 3 heterocycles. The van der Waals surface area contributed by atoms with Gasteiger partial charge in [0.2, 0.25) is 5.88 Å². The zero-order chi connectivity index (χ0) is 17.5. The van der Waals surface area contributed by atoms with Crippen molar-refractivity contribution >= 4 is 17.6 Å². The van der Waals surface area contributed by atoms with Crippen LogP contribution in [-0.2, 0) is 14.2 Å². The first-order valence-corrected chi connectivity index (χ1v) is 8.45. The predicted molar refractivity (Wildman–Crippen MR) is 90.9 cm³/mol. The summed E-state index contributed by atoms with van der Waals surface area (Å²) in [6, 6.07) is 3.65. The van der Waals surface area contributed by atoms with Crippen molar-refractivity contribution in [1.29, 1.82) is 0 Å². The quantitative estimate of drug-likeness (QED) is 0.758. The number of amides is 1. The number of nitrogen functional groups attached to an aromatic ring is 1. The van der Waals surface area contributed by atoms with Crippen molar-refractivity contribution in [3.63, 3.8) is 0 Å². The predicted octanol–water partition coefficient (Wildman–Crippen LogP) is 0.348. The van der Waals surface area contributed by atoms with Crippen molar-refractivity contribution in [3.8, 4) is 5.88 Å². The Balaban J connectivity index is 1.46. The molecule has 0 radical (unpaired) electrons. The molecule has 0 atom stereocenters. The van der Waals surface area contributed by atoms with Crippen LogP contribution >= 0.6 is 0 Å². The van der Waals surface area contributed by atoms with Gasteiger partial charge in [-0.2, -0.15) is 4.98 Å². The van der Waals surface area contributed by atoms with Crippen LogP contribution in [0.1, 0.15) is 0 Å². The van der Waals surface area contributed by atoms with Crippen molar-refractivity contribution in [2.45, 2.75) is 0 Å². The molecule has 25 heavy (non-hydrogen) atoms. The summed E-state index contributed by atoms with van der Waals surface area (Å²) >= 11 is 0. The molecule has 138 valence electrons. The minimum absolute atomic E-state index is 0.152. The van der Waals surface area contributed by atoms with E-state index in [2.05, 4.69) is 9.88 Å². The highest BCUT2D eigenvalue weighted by molar-refractivity contribution is 5.67. The van der Waals surface area contributed by atoms with Crippen LogP contribution < -0.4 is 15.4 Å². The molecule has 2 saturated heterocycles. The van der Waals surface area contributed by atoms with E-state index in [9.17, 15) is 4.79 Å². The smallest absolute Gasteiger partial charge is 0.410 e. The number of hydrogen-bond acceptors (Lipinski definition) is 8. The van der Waals surface area contributed by atoms with E-state index in [1.807, 2.05) is 12.1 Å². The fourth-order valence-electron chi connectivity index (χ4n) is 2.70. The van der Waals surface area contributed by atoms with Gasteiger partial charge in [-0.05, 0) is 0 Å². The van der Waals surface area contributed by atoms with Gasteiger partial charge in [-0.3, -0.25) is 0 Å². The molecule has 9 nitrogen and oxygen atoms in total. The maximum absolute atomic E-state index is 11.9. The van der Waals surface area contributed by atoms with Crippen LogP contribution in [-0.4, -0.2) is 81.8 Å². The third kappa shape index (κ3) is 5.10. The Bertz CT molecular complexity index is 574. The minimum Gasteiger partial charge on any atom is -0.474 e. The standard InChI is InChI=1S/C16H24N4O5/c17-14-11-13(19-1-5-22-6-2-19)12-15(18-14)24-9-10-25-16(21)20-3-7-23-8-4-20/h11-12H,1-10H2,(H2,17,18). The minimum atomic E-state index is -0.346. The third-order valence-electron chi connectivity index (χ3n) is 4.01. The number of nitrogens with zero attached hydrogens (tertiary/aromatic N) is 3. The fraction of sp³-hybridized carbons (Fsp3) is 0.625. The Morgan fingerprint density at radius 2 is 1.76 bits per heavy atom. The summed E-state index contributed by atoms with van der Waals surface area (Å²) < 4.78 is 21.3. The highest BCUT2D eigenvalue weighted by Crippen LogP contribution is 2.23. The molecule has 0 aromatic carbocycles. The summed E-state index contributed by atoms with van der Waals surface area (Å²) in [6.45, 7) is 5.56. The first-order chi connectivity index (χ1) is 12.2. The van der Waals surface area contributed by atoms with Crippen LogP contribution in [0, 0.1) is 0 Å². The average molecular weight is 352 g/mol. The molecule has 1 amide bonds. The van der Waals surface area contributed by atoms with Crippen LogP contribution in [0.25, 0.3) is 0 Å². The van der Waals surface area contributed by atoms with Gasteiger partial charge >= 0.3 is 6.09 Å². The van der Waals surface area contributed by atoms with Gasteiger partial charge in [-0.1, -0.05) is 0 Å². The number of aromatic nitrogens is 1. The van der Waals surface area contributed by atoms with E-state index in [1.165, 1.54) is 0 Å². The molecule has 1 aromatic rings. The molecule has 0 bridgehead atoms. The number of morpholine rings is 2. The number of pyridine rings is 1. The summed E-state index contributed by atoms with van der Waals surface area (Å²) in [6.07, 6.45) is -0.346. The SMILES string of the molecule is Nc1cc(N2CCOCC2)cc(OCCOC(=O)N2CCOCC2)n1. The molecule has 0 saturated carbocycles. The Hall–Kier alpha value is -2.26. The highest BCUT2D eigenvalue weighted by atomic mass is 16.6. The van der Waals surface area contributed by atoms with Gasteiger partial charge < -0.3 is 34.5 Å². The Labute approximate surface area is 146 Å². The van der Waals surface area contributed by atoms with Crippen LogP contribution in [0.2, 0.25) is 0 Å². The fourth-order valence-corrected chi connectivity index (χ4v) is 2.70. The molecule has 2 aliphatic heterocycles. The van der Waals surface area contributed by atoms with Crippen molar-refractivity contribution in [3.05, 3.63) is 12.1 Å². The summed E-state index contributed by atoms with van der Waals surface area (Å²) in [7, 11) is 0. The maximum atomic E-state index is 11.9. The van der Waals surface area contributed by atoms with Gasteiger partial charge in [0.05, 0.1) is 26.4 Å².